The first-order valence-corrected chi connectivity index (χ1v) is 5.03. The minimum absolute atomic E-state index is 0.141. The topological polar surface area (TPSA) is 130 Å². The van der Waals surface area contributed by atoms with Crippen molar-refractivity contribution in [1.82, 2.24) is 19.9 Å². The molecule has 2 aromatic heterocycles. The van der Waals surface area contributed by atoms with Crippen LogP contribution in [0.4, 0.5) is 5.95 Å². The molecule has 2 heterocycles. The molecular weight excluding hydrogens is 226 g/mol. The van der Waals surface area contributed by atoms with Crippen LogP contribution in [0.5, 0.6) is 0 Å². The van der Waals surface area contributed by atoms with Gasteiger partial charge in [0.15, 0.2) is 5.65 Å². The fourth-order valence-electron chi connectivity index (χ4n) is 1.30. The van der Waals surface area contributed by atoms with E-state index in [4.69, 9.17) is 20.7 Å². The largest absolute Gasteiger partial charge is 0.394 e. The summed E-state index contributed by atoms with van der Waals surface area (Å²) in [5.74, 6) is 0.687. The number of aromatic nitrogens is 4. The highest BCUT2D eigenvalue weighted by molar-refractivity contribution is 5.70. The van der Waals surface area contributed by atoms with E-state index in [2.05, 4.69) is 19.9 Å². The van der Waals surface area contributed by atoms with Crippen LogP contribution in [-0.4, -0.2) is 49.5 Å². The predicted octanol–water partition coefficient (Wildman–Crippen LogP) is -1.20. The van der Waals surface area contributed by atoms with E-state index in [1.54, 1.807) is 0 Å². The van der Waals surface area contributed by atoms with Gasteiger partial charge >= 0.3 is 0 Å². The van der Waals surface area contributed by atoms with Crippen molar-refractivity contribution in [3.8, 4) is 0 Å². The van der Waals surface area contributed by atoms with Gasteiger partial charge in [0.05, 0.1) is 19.4 Å². The summed E-state index contributed by atoms with van der Waals surface area (Å²) in [6.45, 7) is -0.352. The molecule has 0 aliphatic rings. The zero-order valence-electron chi connectivity index (χ0n) is 9.00. The third-order valence-electron chi connectivity index (χ3n) is 2.17. The molecule has 92 valence electrons. The number of ether oxygens (including phenoxy) is 1. The number of imidazole rings is 1. The van der Waals surface area contributed by atoms with Crippen molar-refractivity contribution < 1.29 is 14.9 Å². The van der Waals surface area contributed by atoms with Crippen LogP contribution in [0.15, 0.2) is 6.20 Å². The Bertz CT molecular complexity index is 496. The Morgan fingerprint density at radius 3 is 2.82 bits per heavy atom. The summed E-state index contributed by atoms with van der Waals surface area (Å²) in [5.41, 5.74) is 6.54. The molecule has 2 rings (SSSR count). The number of hydrogen-bond donors (Lipinski definition) is 4. The molecule has 0 amide bonds. The highest BCUT2D eigenvalue weighted by Crippen LogP contribution is 2.09. The van der Waals surface area contributed by atoms with Crippen molar-refractivity contribution in [1.29, 1.82) is 0 Å². The number of nitrogen functional groups attached to an aromatic ring is 1. The minimum Gasteiger partial charge on any atom is -0.394 e. The zero-order valence-corrected chi connectivity index (χ0v) is 9.00. The van der Waals surface area contributed by atoms with E-state index in [0.29, 0.717) is 17.0 Å². The van der Waals surface area contributed by atoms with Gasteiger partial charge < -0.3 is 25.7 Å². The third kappa shape index (κ3) is 2.67. The standard InChI is InChI=1S/C9H13N5O3/c10-9-11-1-6-8(14-9)13-7(12-6)4-17-5(2-15)3-16/h1,5,15-16H,2-4H2,(H3,10,11,12,13,14). The lowest BCUT2D eigenvalue weighted by Gasteiger charge is -2.10. The number of aliphatic hydroxyl groups is 2. The lowest BCUT2D eigenvalue weighted by Crippen LogP contribution is -2.21. The summed E-state index contributed by atoms with van der Waals surface area (Å²) < 4.78 is 5.21. The first-order valence-electron chi connectivity index (χ1n) is 5.03. The number of rotatable bonds is 5. The molecule has 8 heteroatoms. The van der Waals surface area contributed by atoms with Gasteiger partial charge in [0.25, 0.3) is 0 Å². The van der Waals surface area contributed by atoms with Crippen LogP contribution in [0.1, 0.15) is 5.82 Å². The van der Waals surface area contributed by atoms with Gasteiger partial charge in [-0.3, -0.25) is 0 Å². The number of aromatic amines is 1. The summed E-state index contributed by atoms with van der Waals surface area (Å²) in [6, 6.07) is 0. The number of nitrogens with zero attached hydrogens (tertiary/aromatic N) is 3. The molecule has 0 atom stereocenters. The molecule has 0 bridgehead atoms. The Morgan fingerprint density at radius 2 is 2.12 bits per heavy atom. The molecule has 17 heavy (non-hydrogen) atoms. The smallest absolute Gasteiger partial charge is 0.222 e. The molecule has 0 fully saturated rings. The van der Waals surface area contributed by atoms with E-state index < -0.39 is 6.10 Å². The number of nitrogens with one attached hydrogen (secondary N) is 1. The maximum absolute atomic E-state index is 8.83. The molecule has 0 aromatic carbocycles. The van der Waals surface area contributed by atoms with Gasteiger partial charge in [0, 0.05) is 0 Å². The second kappa shape index (κ2) is 5.04. The Labute approximate surface area is 96.5 Å². The number of aliphatic hydroxyl groups excluding tert-OH is 2. The predicted molar refractivity (Wildman–Crippen MR) is 58.8 cm³/mol. The average molecular weight is 239 g/mol. The number of H-pyrrole nitrogens is 1. The van der Waals surface area contributed by atoms with Gasteiger partial charge in [0.2, 0.25) is 5.95 Å². The fourth-order valence-corrected chi connectivity index (χ4v) is 1.30. The van der Waals surface area contributed by atoms with E-state index in [1.807, 2.05) is 0 Å². The first kappa shape index (κ1) is 11.7. The van der Waals surface area contributed by atoms with Crippen molar-refractivity contribution in [3.63, 3.8) is 0 Å². The maximum Gasteiger partial charge on any atom is 0.222 e. The fraction of sp³-hybridized carbons (Fsp3) is 0.444. The van der Waals surface area contributed by atoms with Gasteiger partial charge in [-0.2, -0.15) is 4.98 Å². The Morgan fingerprint density at radius 1 is 1.35 bits per heavy atom. The highest BCUT2D eigenvalue weighted by Gasteiger charge is 2.09. The summed E-state index contributed by atoms with van der Waals surface area (Å²) in [4.78, 5) is 14.8. The quantitative estimate of drug-likeness (QED) is 0.515. The van der Waals surface area contributed by atoms with Crippen LogP contribution in [-0.2, 0) is 11.3 Å². The molecule has 8 nitrogen and oxygen atoms in total. The van der Waals surface area contributed by atoms with Gasteiger partial charge in [0.1, 0.15) is 24.1 Å². The van der Waals surface area contributed by atoms with Gasteiger partial charge in [-0.05, 0) is 0 Å². The van der Waals surface area contributed by atoms with E-state index in [-0.39, 0.29) is 25.8 Å². The van der Waals surface area contributed by atoms with Crippen molar-refractivity contribution in [2.24, 2.45) is 0 Å². The molecule has 0 spiro atoms. The number of fused-ring (bicyclic) bond motifs is 1. The maximum atomic E-state index is 8.83. The van der Waals surface area contributed by atoms with Crippen LogP contribution >= 0.6 is 0 Å². The molecular formula is C9H13N5O3. The van der Waals surface area contributed by atoms with Crippen LogP contribution in [0.25, 0.3) is 11.2 Å². The minimum atomic E-state index is -0.612. The SMILES string of the molecule is Nc1ncc2[nH]c(COC(CO)CO)nc2n1. The lowest BCUT2D eigenvalue weighted by atomic mass is 10.4. The van der Waals surface area contributed by atoms with Crippen LogP contribution in [0.2, 0.25) is 0 Å². The lowest BCUT2D eigenvalue weighted by molar-refractivity contribution is -0.0304. The normalized spacial score (nSPS) is 11.5. The van der Waals surface area contributed by atoms with Crippen molar-refractivity contribution >= 4 is 17.1 Å². The van der Waals surface area contributed by atoms with Gasteiger partial charge in [-0.25, -0.2) is 9.97 Å². The van der Waals surface area contributed by atoms with Gasteiger partial charge in [-0.1, -0.05) is 0 Å². The molecule has 0 saturated heterocycles. The van der Waals surface area contributed by atoms with E-state index in [0.717, 1.165) is 0 Å². The number of anilines is 1. The van der Waals surface area contributed by atoms with Crippen molar-refractivity contribution in [2.75, 3.05) is 18.9 Å². The van der Waals surface area contributed by atoms with E-state index in [9.17, 15) is 0 Å². The molecule has 0 saturated carbocycles. The highest BCUT2D eigenvalue weighted by atomic mass is 16.5. The Kier molecular flexibility index (Phi) is 3.47. The summed E-state index contributed by atoms with van der Waals surface area (Å²) in [6.07, 6.45) is 0.920. The second-order valence-corrected chi connectivity index (χ2v) is 3.45. The van der Waals surface area contributed by atoms with Crippen LogP contribution in [0, 0.1) is 0 Å². The molecule has 2 aromatic rings. The van der Waals surface area contributed by atoms with Crippen molar-refractivity contribution in [3.05, 3.63) is 12.0 Å². The third-order valence-corrected chi connectivity index (χ3v) is 2.17. The Balaban J connectivity index is 2.09. The number of hydrogen-bond acceptors (Lipinski definition) is 7. The second-order valence-electron chi connectivity index (χ2n) is 3.45. The molecule has 0 radical (unpaired) electrons. The summed E-state index contributed by atoms with van der Waals surface area (Å²) >= 11 is 0. The van der Waals surface area contributed by atoms with E-state index in [1.165, 1.54) is 6.20 Å². The average Bonchev–Trinajstić information content (AvgIpc) is 2.72. The summed E-state index contributed by atoms with van der Waals surface area (Å²) in [5, 5.41) is 17.7. The van der Waals surface area contributed by atoms with Crippen LogP contribution in [0.3, 0.4) is 0 Å². The zero-order chi connectivity index (χ0) is 12.3. The molecule has 0 unspecified atom stereocenters. The summed E-state index contributed by atoms with van der Waals surface area (Å²) in [7, 11) is 0. The molecule has 5 N–H and O–H groups in total. The van der Waals surface area contributed by atoms with Crippen molar-refractivity contribution in [2.45, 2.75) is 12.7 Å². The Hall–Kier alpha value is -1.77. The molecule has 0 aliphatic heterocycles. The first-order chi connectivity index (χ1) is 8.22. The monoisotopic (exact) mass is 239 g/mol. The molecule has 0 aliphatic carbocycles. The van der Waals surface area contributed by atoms with E-state index >= 15 is 0 Å². The van der Waals surface area contributed by atoms with Crippen LogP contribution < -0.4 is 5.73 Å². The van der Waals surface area contributed by atoms with Gasteiger partial charge in [-0.15, -0.1) is 0 Å². The number of nitrogens with two attached hydrogens (primary N) is 1.